The standard InChI is InChI=1S/C24H35N5O2S.2H2/c1-3-26-23(30)20(16-25)18-32-22(24(31)27-4-2)17-28-21-10-8-19(9-11-21)12-15-29-13-6-5-7-14-29;;/h8-11,18,22,28H,3-7,12-15,17H2,1-2H3,(H,26,30)(H,27,31);2*1H/b20-18-;;. The fourth-order valence-electron chi connectivity index (χ4n) is 3.50. The maximum absolute atomic E-state index is 12.5. The molecule has 7 nitrogen and oxygen atoms in total. The predicted molar refractivity (Wildman–Crippen MR) is 136 cm³/mol. The minimum Gasteiger partial charge on any atom is -0.383 e. The number of likely N-dealkylation sites (tertiary alicyclic amines) is 1. The van der Waals surface area contributed by atoms with Gasteiger partial charge in [-0.25, -0.2) is 0 Å². The van der Waals surface area contributed by atoms with Gasteiger partial charge in [0.15, 0.2) is 0 Å². The molecule has 8 heteroatoms. The van der Waals surface area contributed by atoms with Gasteiger partial charge < -0.3 is 20.9 Å². The molecule has 1 aliphatic rings. The van der Waals surface area contributed by atoms with E-state index in [0.29, 0.717) is 19.6 Å². The Labute approximate surface area is 199 Å². The van der Waals surface area contributed by atoms with Gasteiger partial charge in [0.1, 0.15) is 16.9 Å². The van der Waals surface area contributed by atoms with Crippen LogP contribution in [0.15, 0.2) is 35.2 Å². The first kappa shape index (κ1) is 25.8. The van der Waals surface area contributed by atoms with Crippen molar-refractivity contribution in [3.05, 3.63) is 40.8 Å². The van der Waals surface area contributed by atoms with Crippen LogP contribution in [0.2, 0.25) is 0 Å². The molecule has 1 aliphatic heterocycles. The average molecular weight is 462 g/mol. The second kappa shape index (κ2) is 14.5. The van der Waals surface area contributed by atoms with Crippen LogP contribution in [-0.4, -0.2) is 61.2 Å². The highest BCUT2D eigenvalue weighted by Gasteiger charge is 2.19. The Kier molecular flexibility index (Phi) is 11.7. The molecular formula is C24H39N5O2S. The molecule has 2 rings (SSSR count). The van der Waals surface area contributed by atoms with E-state index in [2.05, 4.69) is 33.0 Å². The molecule has 0 bridgehead atoms. The van der Waals surface area contributed by atoms with Crippen LogP contribution in [0, 0.1) is 11.3 Å². The van der Waals surface area contributed by atoms with E-state index in [-0.39, 0.29) is 14.3 Å². The lowest BCUT2D eigenvalue weighted by Crippen LogP contribution is -2.36. The molecule has 1 aromatic carbocycles. The number of rotatable bonds is 12. The van der Waals surface area contributed by atoms with Crippen molar-refractivity contribution in [1.29, 1.82) is 5.26 Å². The average Bonchev–Trinajstić information content (AvgIpc) is 2.81. The van der Waals surface area contributed by atoms with Crippen molar-refractivity contribution in [2.75, 3.05) is 44.6 Å². The highest BCUT2D eigenvalue weighted by molar-refractivity contribution is 8.03. The van der Waals surface area contributed by atoms with Crippen molar-refractivity contribution >= 4 is 29.3 Å². The lowest BCUT2D eigenvalue weighted by Gasteiger charge is -2.26. The Bertz CT molecular complexity index is 809. The molecule has 0 radical (unpaired) electrons. The minimum atomic E-state index is -0.466. The number of carbonyl (C=O) groups is 2. The number of piperidine rings is 1. The van der Waals surface area contributed by atoms with Crippen LogP contribution in [0.4, 0.5) is 5.69 Å². The molecular weight excluding hydrogens is 422 g/mol. The van der Waals surface area contributed by atoms with Gasteiger partial charge in [-0.2, -0.15) is 5.26 Å². The second-order valence-corrected chi connectivity index (χ2v) is 8.83. The second-order valence-electron chi connectivity index (χ2n) is 7.75. The van der Waals surface area contributed by atoms with Gasteiger partial charge in [-0.1, -0.05) is 18.6 Å². The lowest BCUT2D eigenvalue weighted by molar-refractivity contribution is -0.120. The summed E-state index contributed by atoms with van der Waals surface area (Å²) in [7, 11) is 0. The van der Waals surface area contributed by atoms with E-state index in [1.54, 1.807) is 6.92 Å². The van der Waals surface area contributed by atoms with E-state index in [4.69, 9.17) is 0 Å². The van der Waals surface area contributed by atoms with Crippen molar-refractivity contribution in [2.24, 2.45) is 0 Å². The van der Waals surface area contributed by atoms with Crippen molar-refractivity contribution in [3.8, 4) is 6.07 Å². The van der Waals surface area contributed by atoms with Gasteiger partial charge in [0, 0.05) is 34.7 Å². The summed E-state index contributed by atoms with van der Waals surface area (Å²) in [6.07, 6.45) is 5.01. The molecule has 1 atom stereocenters. The van der Waals surface area contributed by atoms with Crippen LogP contribution < -0.4 is 16.0 Å². The number of nitrogens with one attached hydrogen (secondary N) is 3. The van der Waals surface area contributed by atoms with Gasteiger partial charge in [-0.3, -0.25) is 9.59 Å². The number of benzene rings is 1. The molecule has 0 aromatic heterocycles. The minimum absolute atomic E-state index is 0. The molecule has 1 saturated heterocycles. The number of anilines is 1. The largest absolute Gasteiger partial charge is 0.383 e. The molecule has 32 heavy (non-hydrogen) atoms. The predicted octanol–water partition coefficient (Wildman–Crippen LogP) is 3.40. The molecule has 2 amide bonds. The summed E-state index contributed by atoms with van der Waals surface area (Å²) in [5.74, 6) is -0.558. The summed E-state index contributed by atoms with van der Waals surface area (Å²) in [6.45, 7) is 8.52. The third kappa shape index (κ3) is 8.93. The van der Waals surface area contributed by atoms with E-state index in [9.17, 15) is 14.9 Å². The fourth-order valence-corrected chi connectivity index (χ4v) is 4.34. The maximum atomic E-state index is 12.5. The number of hydrogen-bond acceptors (Lipinski definition) is 6. The summed E-state index contributed by atoms with van der Waals surface area (Å²) in [6, 6.07) is 10.2. The Balaban J connectivity index is 0.00000544. The first-order valence-electron chi connectivity index (χ1n) is 11.4. The van der Waals surface area contributed by atoms with E-state index in [0.717, 1.165) is 18.7 Å². The van der Waals surface area contributed by atoms with E-state index < -0.39 is 11.2 Å². The van der Waals surface area contributed by atoms with Crippen molar-refractivity contribution < 1.29 is 12.4 Å². The van der Waals surface area contributed by atoms with Crippen LogP contribution in [0.3, 0.4) is 0 Å². The zero-order valence-electron chi connectivity index (χ0n) is 19.2. The highest BCUT2D eigenvalue weighted by Crippen LogP contribution is 2.18. The lowest BCUT2D eigenvalue weighted by atomic mass is 10.1. The Morgan fingerprint density at radius 1 is 1.16 bits per heavy atom. The summed E-state index contributed by atoms with van der Waals surface area (Å²) >= 11 is 1.18. The van der Waals surface area contributed by atoms with Gasteiger partial charge in [0.2, 0.25) is 5.91 Å². The molecule has 1 fully saturated rings. The molecule has 1 aromatic rings. The van der Waals surface area contributed by atoms with E-state index in [1.165, 1.54) is 55.1 Å². The molecule has 0 spiro atoms. The maximum Gasteiger partial charge on any atom is 0.262 e. The van der Waals surface area contributed by atoms with Crippen LogP contribution in [0.5, 0.6) is 0 Å². The monoisotopic (exact) mass is 461 g/mol. The third-order valence-corrected chi connectivity index (χ3v) is 6.39. The smallest absolute Gasteiger partial charge is 0.262 e. The van der Waals surface area contributed by atoms with Gasteiger partial charge in [0.25, 0.3) is 5.91 Å². The van der Waals surface area contributed by atoms with Crippen LogP contribution >= 0.6 is 11.8 Å². The summed E-state index contributed by atoms with van der Waals surface area (Å²) in [5.41, 5.74) is 2.25. The highest BCUT2D eigenvalue weighted by atomic mass is 32.2. The van der Waals surface area contributed by atoms with Crippen LogP contribution in [0.1, 0.15) is 41.5 Å². The summed E-state index contributed by atoms with van der Waals surface area (Å²) in [5, 5.41) is 19.0. The van der Waals surface area contributed by atoms with Crippen LogP contribution in [0.25, 0.3) is 0 Å². The topological polar surface area (TPSA) is 97.3 Å². The van der Waals surface area contributed by atoms with Gasteiger partial charge in [-0.05, 0) is 69.3 Å². The van der Waals surface area contributed by atoms with Crippen molar-refractivity contribution in [1.82, 2.24) is 15.5 Å². The quantitative estimate of drug-likeness (QED) is 0.326. The van der Waals surface area contributed by atoms with Crippen molar-refractivity contribution in [3.63, 3.8) is 0 Å². The first-order chi connectivity index (χ1) is 15.6. The first-order valence-corrected chi connectivity index (χ1v) is 12.4. The number of likely N-dealkylation sites (N-methyl/N-ethyl adjacent to an activating group) is 1. The molecule has 3 N–H and O–H groups in total. The Morgan fingerprint density at radius 2 is 1.84 bits per heavy atom. The molecule has 0 saturated carbocycles. The molecule has 1 heterocycles. The third-order valence-electron chi connectivity index (χ3n) is 5.31. The number of nitriles is 1. The van der Waals surface area contributed by atoms with Gasteiger partial charge in [-0.15, -0.1) is 11.8 Å². The van der Waals surface area contributed by atoms with Gasteiger partial charge in [0.05, 0.1) is 0 Å². The number of thioether (sulfide) groups is 1. The zero-order chi connectivity index (χ0) is 23.2. The molecule has 0 aliphatic carbocycles. The van der Waals surface area contributed by atoms with Crippen LogP contribution in [-0.2, 0) is 16.0 Å². The normalized spacial score (nSPS) is 15.5. The summed E-state index contributed by atoms with van der Waals surface area (Å²) < 4.78 is 0. The number of amides is 2. The Hall–Kier alpha value is -2.50. The number of carbonyl (C=O) groups excluding carboxylic acids is 2. The number of nitrogens with zero attached hydrogens (tertiary/aromatic N) is 2. The SMILES string of the molecule is CCNC(=O)/C(C#N)=C\SC(CNc1ccc(CCN2CCCCC2)cc1)C(=O)NCC.[HH].[HH]. The van der Waals surface area contributed by atoms with Crippen molar-refractivity contribution in [2.45, 2.75) is 44.8 Å². The Morgan fingerprint density at radius 3 is 2.47 bits per heavy atom. The fraction of sp³-hybridized carbons (Fsp3) is 0.542. The molecule has 178 valence electrons. The zero-order valence-corrected chi connectivity index (χ0v) is 20.0. The van der Waals surface area contributed by atoms with E-state index >= 15 is 0 Å². The number of hydrogen-bond donors (Lipinski definition) is 3. The molecule has 1 unspecified atom stereocenters. The summed E-state index contributed by atoms with van der Waals surface area (Å²) in [4.78, 5) is 26.9. The van der Waals surface area contributed by atoms with E-state index in [1.807, 2.05) is 25.1 Å². The van der Waals surface area contributed by atoms with Gasteiger partial charge >= 0.3 is 0 Å².